The van der Waals surface area contributed by atoms with E-state index in [1.807, 2.05) is 53.2 Å². The van der Waals surface area contributed by atoms with Crippen LogP contribution >= 0.6 is 0 Å². The summed E-state index contributed by atoms with van der Waals surface area (Å²) in [6.07, 6.45) is 2.48. The number of aromatic nitrogens is 2. The first-order chi connectivity index (χ1) is 10.3. The molecular formula is C17H17N3O. The highest BCUT2D eigenvalue weighted by molar-refractivity contribution is 5.72. The number of hydrogen-bond acceptors (Lipinski definition) is 3. The molecule has 0 unspecified atom stereocenters. The van der Waals surface area contributed by atoms with Crippen molar-refractivity contribution in [3.63, 3.8) is 0 Å². The van der Waals surface area contributed by atoms with Gasteiger partial charge in [0.2, 0.25) is 0 Å². The van der Waals surface area contributed by atoms with Gasteiger partial charge in [0.25, 0.3) is 0 Å². The highest BCUT2D eigenvalue weighted by Gasteiger charge is 2.15. The summed E-state index contributed by atoms with van der Waals surface area (Å²) >= 11 is 0. The van der Waals surface area contributed by atoms with Crippen LogP contribution in [-0.4, -0.2) is 21.4 Å². The van der Waals surface area contributed by atoms with Gasteiger partial charge in [-0.25, -0.2) is 4.68 Å². The van der Waals surface area contributed by atoms with E-state index in [1.165, 1.54) is 0 Å². The van der Waals surface area contributed by atoms with Crippen molar-refractivity contribution < 1.29 is 5.11 Å². The lowest BCUT2D eigenvalue weighted by atomic mass is 10.0. The van der Waals surface area contributed by atoms with Gasteiger partial charge in [-0.15, -0.1) is 0 Å². The van der Waals surface area contributed by atoms with Crippen LogP contribution in [0.25, 0.3) is 16.8 Å². The largest absolute Gasteiger partial charge is 0.507 e. The second-order valence-corrected chi connectivity index (χ2v) is 4.81. The van der Waals surface area contributed by atoms with Crippen LogP contribution in [-0.2, 0) is 6.42 Å². The van der Waals surface area contributed by atoms with Crippen LogP contribution in [0.5, 0.6) is 5.75 Å². The predicted molar refractivity (Wildman–Crippen MR) is 83.4 cm³/mol. The maximum absolute atomic E-state index is 10.1. The fourth-order valence-electron chi connectivity index (χ4n) is 2.47. The van der Waals surface area contributed by atoms with Crippen LogP contribution in [0.15, 0.2) is 60.8 Å². The maximum atomic E-state index is 10.1. The first-order valence-electron chi connectivity index (χ1n) is 6.92. The molecule has 0 radical (unpaired) electrons. The molecule has 3 rings (SSSR count). The smallest absolute Gasteiger partial charge is 0.123 e. The van der Waals surface area contributed by atoms with E-state index in [9.17, 15) is 5.11 Å². The summed E-state index contributed by atoms with van der Waals surface area (Å²) in [4.78, 5) is 0. The Labute approximate surface area is 123 Å². The second kappa shape index (κ2) is 5.81. The van der Waals surface area contributed by atoms with E-state index in [0.717, 1.165) is 22.5 Å². The number of para-hydroxylation sites is 2. The van der Waals surface area contributed by atoms with Gasteiger partial charge in [0, 0.05) is 17.5 Å². The van der Waals surface area contributed by atoms with Crippen LogP contribution in [0.1, 0.15) is 5.69 Å². The molecule has 0 fully saturated rings. The standard InChI is InChI=1S/C17H17N3O/c18-11-10-16-15(14-8-4-5-9-17(14)21)12-19-20(16)13-6-2-1-3-7-13/h1-9,12,21H,10-11,18H2. The van der Waals surface area contributed by atoms with E-state index in [1.54, 1.807) is 12.3 Å². The highest BCUT2D eigenvalue weighted by atomic mass is 16.3. The average molecular weight is 279 g/mol. The Morgan fingerprint density at radius 2 is 1.67 bits per heavy atom. The Hall–Kier alpha value is -2.59. The summed E-state index contributed by atoms with van der Waals surface area (Å²) in [7, 11) is 0. The van der Waals surface area contributed by atoms with E-state index in [-0.39, 0.29) is 5.75 Å². The summed E-state index contributed by atoms with van der Waals surface area (Å²) in [5.41, 5.74) is 9.44. The number of phenolic OH excluding ortho intramolecular Hbond substituents is 1. The molecule has 1 heterocycles. The summed E-state index contributed by atoms with van der Waals surface area (Å²) < 4.78 is 1.88. The van der Waals surface area contributed by atoms with Crippen LogP contribution in [0.2, 0.25) is 0 Å². The number of nitrogens with two attached hydrogens (primary N) is 1. The molecule has 0 bridgehead atoms. The lowest BCUT2D eigenvalue weighted by molar-refractivity contribution is 0.477. The van der Waals surface area contributed by atoms with Crippen LogP contribution in [0.4, 0.5) is 0 Å². The van der Waals surface area contributed by atoms with Crippen molar-refractivity contribution in [2.45, 2.75) is 6.42 Å². The zero-order valence-corrected chi connectivity index (χ0v) is 11.6. The molecule has 2 aromatic carbocycles. The molecule has 3 N–H and O–H groups in total. The Balaban J connectivity index is 2.15. The Kier molecular flexibility index (Phi) is 3.71. The topological polar surface area (TPSA) is 64.1 Å². The van der Waals surface area contributed by atoms with Crippen molar-refractivity contribution in [3.8, 4) is 22.6 Å². The van der Waals surface area contributed by atoms with Gasteiger partial charge in [0.15, 0.2) is 0 Å². The first kappa shape index (κ1) is 13.4. The summed E-state index contributed by atoms with van der Waals surface area (Å²) in [6, 6.07) is 17.2. The van der Waals surface area contributed by atoms with Gasteiger partial charge in [0.1, 0.15) is 5.75 Å². The molecule has 0 aliphatic heterocycles. The fourth-order valence-corrected chi connectivity index (χ4v) is 2.47. The normalized spacial score (nSPS) is 10.7. The number of rotatable bonds is 4. The SMILES string of the molecule is NCCc1c(-c2ccccc2O)cnn1-c1ccccc1. The third-order valence-electron chi connectivity index (χ3n) is 3.45. The van der Waals surface area contributed by atoms with E-state index < -0.39 is 0 Å². The van der Waals surface area contributed by atoms with Crippen LogP contribution in [0, 0.1) is 0 Å². The number of phenols is 1. The molecule has 4 nitrogen and oxygen atoms in total. The lowest BCUT2D eigenvalue weighted by Gasteiger charge is -2.10. The predicted octanol–water partition coefficient (Wildman–Crippen LogP) is 2.75. The molecule has 4 heteroatoms. The molecule has 0 saturated carbocycles. The first-order valence-corrected chi connectivity index (χ1v) is 6.92. The Morgan fingerprint density at radius 1 is 0.952 bits per heavy atom. The van der Waals surface area contributed by atoms with Crippen molar-refractivity contribution in [2.75, 3.05) is 6.54 Å². The van der Waals surface area contributed by atoms with Gasteiger partial charge in [-0.1, -0.05) is 36.4 Å². The average Bonchev–Trinajstić information content (AvgIpc) is 2.93. The number of aromatic hydroxyl groups is 1. The van der Waals surface area contributed by atoms with Crippen LogP contribution in [0.3, 0.4) is 0 Å². The quantitative estimate of drug-likeness (QED) is 0.772. The number of hydrogen-bond donors (Lipinski definition) is 2. The number of nitrogens with zero attached hydrogens (tertiary/aromatic N) is 2. The molecule has 1 aromatic heterocycles. The van der Waals surface area contributed by atoms with Gasteiger partial charge in [-0.2, -0.15) is 5.10 Å². The molecule has 0 aliphatic carbocycles. The maximum Gasteiger partial charge on any atom is 0.123 e. The summed E-state index contributed by atoms with van der Waals surface area (Å²) in [5.74, 6) is 0.253. The van der Waals surface area contributed by atoms with Crippen molar-refractivity contribution in [1.29, 1.82) is 0 Å². The van der Waals surface area contributed by atoms with E-state index in [4.69, 9.17) is 5.73 Å². The summed E-state index contributed by atoms with van der Waals surface area (Å²) in [6.45, 7) is 0.527. The lowest BCUT2D eigenvalue weighted by Crippen LogP contribution is -2.09. The Bertz CT molecular complexity index is 735. The molecule has 21 heavy (non-hydrogen) atoms. The van der Waals surface area contributed by atoms with Gasteiger partial charge >= 0.3 is 0 Å². The number of benzene rings is 2. The van der Waals surface area contributed by atoms with Crippen molar-refractivity contribution in [1.82, 2.24) is 9.78 Å². The van der Waals surface area contributed by atoms with Crippen molar-refractivity contribution in [3.05, 3.63) is 66.5 Å². The molecule has 106 valence electrons. The third kappa shape index (κ3) is 2.53. The second-order valence-electron chi connectivity index (χ2n) is 4.81. The third-order valence-corrected chi connectivity index (χ3v) is 3.45. The highest BCUT2D eigenvalue weighted by Crippen LogP contribution is 2.32. The molecule has 3 aromatic rings. The van der Waals surface area contributed by atoms with Crippen molar-refractivity contribution in [2.24, 2.45) is 5.73 Å². The molecular weight excluding hydrogens is 262 g/mol. The minimum absolute atomic E-state index is 0.253. The van der Waals surface area contributed by atoms with Gasteiger partial charge in [-0.05, 0) is 24.7 Å². The van der Waals surface area contributed by atoms with E-state index in [2.05, 4.69) is 5.10 Å². The van der Waals surface area contributed by atoms with Crippen molar-refractivity contribution >= 4 is 0 Å². The molecule has 0 spiro atoms. The van der Waals surface area contributed by atoms with Gasteiger partial charge in [0.05, 0.1) is 17.6 Å². The summed E-state index contributed by atoms with van der Waals surface area (Å²) in [5, 5.41) is 14.5. The zero-order chi connectivity index (χ0) is 14.7. The van der Waals surface area contributed by atoms with E-state index >= 15 is 0 Å². The molecule has 0 amide bonds. The zero-order valence-electron chi connectivity index (χ0n) is 11.6. The molecule has 0 atom stereocenters. The van der Waals surface area contributed by atoms with E-state index in [0.29, 0.717) is 13.0 Å². The van der Waals surface area contributed by atoms with Gasteiger partial charge in [-0.3, -0.25) is 0 Å². The minimum Gasteiger partial charge on any atom is -0.507 e. The molecule has 0 saturated heterocycles. The monoisotopic (exact) mass is 279 g/mol. The van der Waals surface area contributed by atoms with Gasteiger partial charge < -0.3 is 10.8 Å². The minimum atomic E-state index is 0.253. The fraction of sp³-hybridized carbons (Fsp3) is 0.118. The molecule has 0 aliphatic rings. The Morgan fingerprint density at radius 3 is 2.38 bits per heavy atom. The van der Waals surface area contributed by atoms with Crippen LogP contribution < -0.4 is 5.73 Å².